The van der Waals surface area contributed by atoms with Crippen molar-refractivity contribution in [2.75, 3.05) is 39.8 Å². The van der Waals surface area contributed by atoms with E-state index in [1.165, 1.54) is 5.56 Å². The number of ether oxygens (including phenoxy) is 2. The summed E-state index contributed by atoms with van der Waals surface area (Å²) < 4.78 is 11.4. The summed E-state index contributed by atoms with van der Waals surface area (Å²) >= 11 is 0. The van der Waals surface area contributed by atoms with Crippen molar-refractivity contribution in [3.8, 4) is 5.75 Å². The highest BCUT2D eigenvalue weighted by molar-refractivity contribution is 5.69. The summed E-state index contributed by atoms with van der Waals surface area (Å²) in [5, 5.41) is 8.83. The highest BCUT2D eigenvalue weighted by Crippen LogP contribution is 2.16. The first-order valence-corrected chi connectivity index (χ1v) is 8.42. The van der Waals surface area contributed by atoms with Crippen LogP contribution in [0.2, 0.25) is 0 Å². The summed E-state index contributed by atoms with van der Waals surface area (Å²) in [6.45, 7) is 7.95. The molecular weight excluding hydrogens is 308 g/mol. The van der Waals surface area contributed by atoms with E-state index in [4.69, 9.17) is 14.6 Å². The number of carbonyl (C=O) groups is 1. The second-order valence-corrected chi connectivity index (χ2v) is 6.63. The molecule has 1 aliphatic heterocycles. The first-order chi connectivity index (χ1) is 11.4. The van der Waals surface area contributed by atoms with Crippen molar-refractivity contribution in [2.45, 2.75) is 32.6 Å². The normalized spacial score (nSPS) is 19.0. The summed E-state index contributed by atoms with van der Waals surface area (Å²) in [6, 6.07) is 8.21. The van der Waals surface area contributed by atoms with Crippen molar-refractivity contribution in [2.24, 2.45) is 0 Å². The van der Waals surface area contributed by atoms with Crippen molar-refractivity contribution >= 4 is 5.97 Å². The molecule has 1 heterocycles. The molecule has 0 amide bonds. The third kappa shape index (κ3) is 6.47. The summed E-state index contributed by atoms with van der Waals surface area (Å²) in [5.74, 6) is 0.0813. The van der Waals surface area contributed by atoms with Gasteiger partial charge in [0.1, 0.15) is 5.75 Å². The molecule has 2 rings (SSSR count). The lowest BCUT2D eigenvalue weighted by Gasteiger charge is -2.34. The topological polar surface area (TPSA) is 62.2 Å². The molecule has 0 aliphatic carbocycles. The molecule has 134 valence electrons. The second kappa shape index (κ2) is 9.01. The van der Waals surface area contributed by atoms with Gasteiger partial charge < -0.3 is 14.6 Å². The van der Waals surface area contributed by atoms with Crippen molar-refractivity contribution < 1.29 is 19.4 Å². The van der Waals surface area contributed by atoms with Crippen molar-refractivity contribution in [1.82, 2.24) is 9.80 Å². The smallest absolute Gasteiger partial charge is 0.317 e. The molecule has 0 spiro atoms. The number of hydrogen-bond acceptors (Lipinski definition) is 5. The van der Waals surface area contributed by atoms with Gasteiger partial charge in [-0.15, -0.1) is 0 Å². The number of carboxylic acids is 1. The summed E-state index contributed by atoms with van der Waals surface area (Å²) in [6.07, 6.45) is 0.227. The molecule has 1 aromatic carbocycles. The van der Waals surface area contributed by atoms with Crippen molar-refractivity contribution in [3.05, 3.63) is 29.8 Å². The maximum Gasteiger partial charge on any atom is 0.317 e. The van der Waals surface area contributed by atoms with Gasteiger partial charge in [0.05, 0.1) is 25.4 Å². The lowest BCUT2D eigenvalue weighted by molar-refractivity contribution is -0.138. The van der Waals surface area contributed by atoms with Gasteiger partial charge >= 0.3 is 5.97 Å². The average Bonchev–Trinajstić information content (AvgIpc) is 2.48. The van der Waals surface area contributed by atoms with Gasteiger partial charge in [0.2, 0.25) is 0 Å². The maximum absolute atomic E-state index is 10.7. The second-order valence-electron chi connectivity index (χ2n) is 6.63. The Morgan fingerprint density at radius 2 is 2.12 bits per heavy atom. The van der Waals surface area contributed by atoms with Crippen LogP contribution in [0.4, 0.5) is 0 Å². The summed E-state index contributed by atoms with van der Waals surface area (Å²) in [7, 11) is 1.81. The highest BCUT2D eigenvalue weighted by atomic mass is 16.5. The van der Waals surface area contributed by atoms with E-state index in [9.17, 15) is 4.79 Å². The lowest BCUT2D eigenvalue weighted by atomic mass is 10.1. The van der Waals surface area contributed by atoms with E-state index in [0.29, 0.717) is 13.2 Å². The molecule has 1 saturated heterocycles. The number of rotatable bonds is 8. The van der Waals surface area contributed by atoms with E-state index in [1.807, 2.05) is 33.0 Å². The maximum atomic E-state index is 10.7. The van der Waals surface area contributed by atoms with E-state index >= 15 is 0 Å². The van der Waals surface area contributed by atoms with Gasteiger partial charge in [0.25, 0.3) is 0 Å². The third-order valence-corrected chi connectivity index (χ3v) is 3.84. The first-order valence-electron chi connectivity index (χ1n) is 8.42. The van der Waals surface area contributed by atoms with Gasteiger partial charge in [0.15, 0.2) is 0 Å². The zero-order valence-corrected chi connectivity index (χ0v) is 14.8. The minimum absolute atomic E-state index is 0.0389. The minimum atomic E-state index is -0.811. The molecule has 1 aliphatic rings. The number of benzene rings is 1. The predicted molar refractivity (Wildman–Crippen MR) is 92.4 cm³/mol. The van der Waals surface area contributed by atoms with Crippen LogP contribution in [0.3, 0.4) is 0 Å². The van der Waals surface area contributed by atoms with E-state index in [1.54, 1.807) is 4.90 Å². The zero-order chi connectivity index (χ0) is 17.5. The Kier molecular flexibility index (Phi) is 7.02. The molecule has 0 radical (unpaired) electrons. The number of hydrogen-bond donors (Lipinski definition) is 1. The van der Waals surface area contributed by atoms with Gasteiger partial charge in [-0.2, -0.15) is 0 Å². The van der Waals surface area contributed by atoms with Crippen LogP contribution in [0, 0.1) is 0 Å². The number of likely N-dealkylation sites (N-methyl/N-ethyl adjacent to an activating group) is 1. The Morgan fingerprint density at radius 3 is 2.75 bits per heavy atom. The Hall–Kier alpha value is -1.63. The molecule has 1 atom stereocenters. The van der Waals surface area contributed by atoms with Crippen LogP contribution in [0.25, 0.3) is 0 Å². The van der Waals surface area contributed by atoms with Crippen LogP contribution in [0.5, 0.6) is 5.75 Å². The molecule has 1 unspecified atom stereocenters. The van der Waals surface area contributed by atoms with E-state index < -0.39 is 5.97 Å². The molecule has 1 aromatic rings. The molecule has 1 N–H and O–H groups in total. The standard InChI is InChI=1S/C18H28N2O4/c1-14(2)24-16-6-4-15(5-7-16)10-20-8-9-23-17(12-20)11-19(3)13-18(21)22/h4-7,14,17H,8-13H2,1-3H3,(H,21,22). The van der Waals surface area contributed by atoms with E-state index in [-0.39, 0.29) is 18.8 Å². The van der Waals surface area contributed by atoms with Gasteiger partial charge in [-0.3, -0.25) is 14.6 Å². The van der Waals surface area contributed by atoms with Crippen LogP contribution in [0.15, 0.2) is 24.3 Å². The number of carboxylic acid groups (broad SMARTS) is 1. The van der Waals surface area contributed by atoms with Crippen LogP contribution in [-0.4, -0.2) is 72.9 Å². The molecule has 24 heavy (non-hydrogen) atoms. The lowest BCUT2D eigenvalue weighted by Crippen LogP contribution is -2.47. The minimum Gasteiger partial charge on any atom is -0.491 e. The van der Waals surface area contributed by atoms with E-state index in [0.717, 1.165) is 25.4 Å². The Labute approximate surface area is 144 Å². The van der Waals surface area contributed by atoms with Gasteiger partial charge in [0, 0.05) is 26.2 Å². The predicted octanol–water partition coefficient (Wildman–Crippen LogP) is 1.69. The molecule has 0 aromatic heterocycles. The third-order valence-electron chi connectivity index (χ3n) is 3.84. The quantitative estimate of drug-likeness (QED) is 0.779. The molecule has 6 heteroatoms. The number of aliphatic carboxylic acids is 1. The zero-order valence-electron chi connectivity index (χ0n) is 14.8. The molecule has 0 saturated carbocycles. The van der Waals surface area contributed by atoms with Gasteiger partial charge in [-0.1, -0.05) is 12.1 Å². The fourth-order valence-electron chi connectivity index (χ4n) is 2.88. The van der Waals surface area contributed by atoms with Crippen LogP contribution in [-0.2, 0) is 16.1 Å². The SMILES string of the molecule is CC(C)Oc1ccc(CN2CCOC(CN(C)CC(=O)O)C2)cc1. The molecule has 0 bridgehead atoms. The Morgan fingerprint density at radius 1 is 1.42 bits per heavy atom. The van der Waals surface area contributed by atoms with Crippen LogP contribution in [0.1, 0.15) is 19.4 Å². The van der Waals surface area contributed by atoms with Crippen molar-refractivity contribution in [3.63, 3.8) is 0 Å². The van der Waals surface area contributed by atoms with Gasteiger partial charge in [-0.05, 0) is 38.6 Å². The average molecular weight is 336 g/mol. The fourth-order valence-corrected chi connectivity index (χ4v) is 2.88. The first kappa shape index (κ1) is 18.7. The van der Waals surface area contributed by atoms with E-state index in [2.05, 4.69) is 17.0 Å². The van der Waals surface area contributed by atoms with Crippen LogP contribution >= 0.6 is 0 Å². The van der Waals surface area contributed by atoms with Gasteiger partial charge in [-0.25, -0.2) is 0 Å². The Balaban J connectivity index is 1.82. The van der Waals surface area contributed by atoms with Crippen LogP contribution < -0.4 is 4.74 Å². The molecule has 6 nitrogen and oxygen atoms in total. The number of nitrogens with zero attached hydrogens (tertiary/aromatic N) is 2. The highest BCUT2D eigenvalue weighted by Gasteiger charge is 2.22. The molecule has 1 fully saturated rings. The van der Waals surface area contributed by atoms with Crippen molar-refractivity contribution in [1.29, 1.82) is 0 Å². The summed E-state index contributed by atoms with van der Waals surface area (Å²) in [4.78, 5) is 14.9. The Bertz CT molecular complexity index is 518. The fraction of sp³-hybridized carbons (Fsp3) is 0.611. The number of morpholine rings is 1. The molecular formula is C18H28N2O4. The largest absolute Gasteiger partial charge is 0.491 e. The summed E-state index contributed by atoms with van der Waals surface area (Å²) in [5.41, 5.74) is 1.24. The monoisotopic (exact) mass is 336 g/mol.